The Bertz CT molecular complexity index is 707. The fraction of sp³-hybridized carbons (Fsp3) is 0.333. The molecule has 1 N–H and O–H groups in total. The molecule has 24 heavy (non-hydrogen) atoms. The molecule has 2 aromatic rings. The van der Waals surface area contributed by atoms with Crippen LogP contribution in [0.2, 0.25) is 0 Å². The summed E-state index contributed by atoms with van der Waals surface area (Å²) in [5.74, 6) is -0.250. The Morgan fingerprint density at radius 2 is 1.96 bits per heavy atom. The molecular formula is C18H20N2O3S. The van der Waals surface area contributed by atoms with Crippen molar-refractivity contribution in [3.8, 4) is 0 Å². The summed E-state index contributed by atoms with van der Waals surface area (Å²) in [6.07, 6.45) is 1.90. The van der Waals surface area contributed by atoms with Gasteiger partial charge in [0.15, 0.2) is 0 Å². The smallest absolute Gasteiger partial charge is 0.256 e. The van der Waals surface area contributed by atoms with Gasteiger partial charge in [0, 0.05) is 25.6 Å². The van der Waals surface area contributed by atoms with Gasteiger partial charge in [0.05, 0.1) is 22.9 Å². The van der Waals surface area contributed by atoms with Gasteiger partial charge in [-0.05, 0) is 36.4 Å². The molecule has 0 spiro atoms. The molecule has 1 aromatic heterocycles. The fourth-order valence-electron chi connectivity index (χ4n) is 2.83. The molecule has 1 aliphatic heterocycles. The van der Waals surface area contributed by atoms with Gasteiger partial charge in [-0.3, -0.25) is 9.59 Å². The van der Waals surface area contributed by atoms with Crippen molar-refractivity contribution < 1.29 is 14.3 Å². The lowest BCUT2D eigenvalue weighted by Crippen LogP contribution is -2.40. The number of piperidine rings is 1. The van der Waals surface area contributed by atoms with Crippen LogP contribution in [-0.4, -0.2) is 43.0 Å². The third kappa shape index (κ3) is 3.66. The van der Waals surface area contributed by atoms with Crippen LogP contribution in [-0.2, 0) is 4.74 Å². The molecule has 2 amide bonds. The first kappa shape index (κ1) is 16.7. The zero-order valence-corrected chi connectivity index (χ0v) is 14.3. The van der Waals surface area contributed by atoms with E-state index >= 15 is 0 Å². The van der Waals surface area contributed by atoms with E-state index in [9.17, 15) is 9.59 Å². The summed E-state index contributed by atoms with van der Waals surface area (Å²) in [6, 6.07) is 8.92. The van der Waals surface area contributed by atoms with Gasteiger partial charge < -0.3 is 15.0 Å². The number of ether oxygens (including phenoxy) is 1. The van der Waals surface area contributed by atoms with E-state index in [-0.39, 0.29) is 17.9 Å². The molecule has 1 aromatic carbocycles. The van der Waals surface area contributed by atoms with Crippen LogP contribution < -0.4 is 5.32 Å². The van der Waals surface area contributed by atoms with Crippen LogP contribution in [0.4, 0.5) is 5.69 Å². The Labute approximate surface area is 145 Å². The molecule has 0 unspecified atom stereocenters. The van der Waals surface area contributed by atoms with Crippen LogP contribution in [0.3, 0.4) is 0 Å². The molecular weight excluding hydrogens is 324 g/mol. The Morgan fingerprint density at radius 1 is 1.21 bits per heavy atom. The van der Waals surface area contributed by atoms with E-state index in [1.807, 2.05) is 22.4 Å². The standard InChI is InChI=1S/C18H20N2O3S/c1-23-14-6-9-20(10-7-14)18(22)15-4-2-3-5-16(15)19-17(21)13-8-11-24-12-13/h2-5,8,11-12,14H,6-7,9-10H2,1H3,(H,19,21). The molecule has 1 saturated heterocycles. The Balaban J connectivity index is 1.74. The van der Waals surface area contributed by atoms with Crippen LogP contribution >= 0.6 is 11.3 Å². The molecule has 6 heteroatoms. The van der Waals surface area contributed by atoms with E-state index in [4.69, 9.17) is 4.74 Å². The molecule has 126 valence electrons. The number of likely N-dealkylation sites (tertiary alicyclic amines) is 1. The third-order valence-electron chi connectivity index (χ3n) is 4.25. The first-order valence-corrected chi connectivity index (χ1v) is 8.88. The monoisotopic (exact) mass is 344 g/mol. The van der Waals surface area contributed by atoms with Crippen molar-refractivity contribution >= 4 is 28.8 Å². The van der Waals surface area contributed by atoms with Crippen molar-refractivity contribution in [1.29, 1.82) is 0 Å². The quantitative estimate of drug-likeness (QED) is 0.926. The van der Waals surface area contributed by atoms with E-state index in [2.05, 4.69) is 5.32 Å². The minimum absolute atomic E-state index is 0.0502. The van der Waals surface area contributed by atoms with Gasteiger partial charge >= 0.3 is 0 Å². The van der Waals surface area contributed by atoms with E-state index in [0.717, 1.165) is 12.8 Å². The van der Waals surface area contributed by atoms with Crippen LogP contribution in [0.1, 0.15) is 33.6 Å². The molecule has 2 heterocycles. The number of carbonyl (C=O) groups is 2. The Morgan fingerprint density at radius 3 is 2.62 bits per heavy atom. The van der Waals surface area contributed by atoms with Gasteiger partial charge in [-0.1, -0.05) is 12.1 Å². The number of nitrogens with zero attached hydrogens (tertiary/aromatic N) is 1. The number of thiophene rings is 1. The highest BCUT2D eigenvalue weighted by Gasteiger charge is 2.25. The molecule has 0 atom stereocenters. The highest BCUT2D eigenvalue weighted by molar-refractivity contribution is 7.08. The van der Waals surface area contributed by atoms with Gasteiger partial charge in [-0.2, -0.15) is 11.3 Å². The number of rotatable bonds is 4. The van der Waals surface area contributed by atoms with E-state index < -0.39 is 0 Å². The Kier molecular flexibility index (Phi) is 5.27. The summed E-state index contributed by atoms with van der Waals surface area (Å²) >= 11 is 1.47. The molecule has 0 saturated carbocycles. The van der Waals surface area contributed by atoms with Gasteiger partial charge in [0.25, 0.3) is 11.8 Å². The average molecular weight is 344 g/mol. The second-order valence-electron chi connectivity index (χ2n) is 5.74. The predicted octanol–water partition coefficient (Wildman–Crippen LogP) is 3.25. The maximum absolute atomic E-state index is 12.8. The number of para-hydroxylation sites is 1. The lowest BCUT2D eigenvalue weighted by molar-refractivity contribution is 0.0351. The molecule has 3 rings (SSSR count). The predicted molar refractivity (Wildman–Crippen MR) is 94.6 cm³/mol. The third-order valence-corrected chi connectivity index (χ3v) is 4.93. The van der Waals surface area contributed by atoms with Crippen molar-refractivity contribution in [2.24, 2.45) is 0 Å². The molecule has 0 radical (unpaired) electrons. The highest BCUT2D eigenvalue weighted by Crippen LogP contribution is 2.22. The summed E-state index contributed by atoms with van der Waals surface area (Å²) in [7, 11) is 1.71. The highest BCUT2D eigenvalue weighted by atomic mass is 32.1. The van der Waals surface area contributed by atoms with E-state index in [1.54, 1.807) is 30.7 Å². The van der Waals surface area contributed by atoms with Crippen LogP contribution in [0, 0.1) is 0 Å². The van der Waals surface area contributed by atoms with Gasteiger partial charge in [0.1, 0.15) is 0 Å². The number of anilines is 1. The lowest BCUT2D eigenvalue weighted by Gasteiger charge is -2.31. The normalized spacial score (nSPS) is 15.3. The summed E-state index contributed by atoms with van der Waals surface area (Å²) in [4.78, 5) is 26.9. The number of hydrogen-bond donors (Lipinski definition) is 1. The summed E-state index contributed by atoms with van der Waals surface area (Å²) in [5, 5.41) is 6.49. The minimum Gasteiger partial charge on any atom is -0.381 e. The number of carbonyl (C=O) groups excluding carboxylic acids is 2. The van der Waals surface area contributed by atoms with Crippen molar-refractivity contribution in [2.45, 2.75) is 18.9 Å². The molecule has 1 aliphatic rings. The maximum Gasteiger partial charge on any atom is 0.256 e. The number of hydrogen-bond acceptors (Lipinski definition) is 4. The number of amides is 2. The molecule has 5 nitrogen and oxygen atoms in total. The zero-order valence-electron chi connectivity index (χ0n) is 13.5. The van der Waals surface area contributed by atoms with Gasteiger partial charge in [0.2, 0.25) is 0 Å². The Hall–Kier alpha value is -2.18. The van der Waals surface area contributed by atoms with E-state index in [0.29, 0.717) is 29.9 Å². The second-order valence-corrected chi connectivity index (χ2v) is 6.52. The van der Waals surface area contributed by atoms with Crippen molar-refractivity contribution in [3.05, 3.63) is 52.2 Å². The first-order valence-electron chi connectivity index (χ1n) is 7.93. The van der Waals surface area contributed by atoms with Crippen molar-refractivity contribution in [3.63, 3.8) is 0 Å². The second kappa shape index (κ2) is 7.59. The largest absolute Gasteiger partial charge is 0.381 e. The van der Waals surface area contributed by atoms with Crippen molar-refractivity contribution in [1.82, 2.24) is 4.90 Å². The summed E-state index contributed by atoms with van der Waals surface area (Å²) in [6.45, 7) is 1.34. The molecule has 0 aliphatic carbocycles. The topological polar surface area (TPSA) is 58.6 Å². The van der Waals surface area contributed by atoms with Gasteiger partial charge in [-0.15, -0.1) is 0 Å². The maximum atomic E-state index is 12.8. The lowest BCUT2D eigenvalue weighted by atomic mass is 10.1. The number of benzene rings is 1. The minimum atomic E-state index is -0.199. The SMILES string of the molecule is COC1CCN(C(=O)c2ccccc2NC(=O)c2ccsc2)CC1. The average Bonchev–Trinajstić information content (AvgIpc) is 3.16. The van der Waals surface area contributed by atoms with Crippen LogP contribution in [0.25, 0.3) is 0 Å². The number of nitrogens with one attached hydrogen (secondary N) is 1. The van der Waals surface area contributed by atoms with Gasteiger partial charge in [-0.25, -0.2) is 0 Å². The summed E-state index contributed by atoms with van der Waals surface area (Å²) in [5.41, 5.74) is 1.67. The van der Waals surface area contributed by atoms with Crippen LogP contribution in [0.15, 0.2) is 41.1 Å². The molecule has 1 fully saturated rings. The summed E-state index contributed by atoms with van der Waals surface area (Å²) < 4.78 is 5.35. The fourth-order valence-corrected chi connectivity index (χ4v) is 3.47. The zero-order chi connectivity index (χ0) is 16.9. The van der Waals surface area contributed by atoms with E-state index in [1.165, 1.54) is 11.3 Å². The first-order chi connectivity index (χ1) is 11.7. The number of methoxy groups -OCH3 is 1. The van der Waals surface area contributed by atoms with Crippen LogP contribution in [0.5, 0.6) is 0 Å². The van der Waals surface area contributed by atoms with Crippen molar-refractivity contribution in [2.75, 3.05) is 25.5 Å². The molecule has 0 bridgehead atoms.